The molecule has 0 spiro atoms. The second kappa shape index (κ2) is 11.0. The van der Waals surface area contributed by atoms with Gasteiger partial charge in [0.2, 0.25) is 0 Å². The lowest BCUT2D eigenvalue weighted by Gasteiger charge is -2.31. The molecule has 3 rings (SSSR count). The molecule has 2 unspecified atom stereocenters. The molecule has 0 saturated carbocycles. The minimum atomic E-state index is -1.10. The normalized spacial score (nSPS) is 13.2. The van der Waals surface area contributed by atoms with E-state index in [9.17, 15) is 4.79 Å². The molecule has 0 fully saturated rings. The molecular weight excluding hydrogens is 457 g/mol. The average Bonchev–Trinajstić information content (AvgIpc) is 2.79. The molecule has 4 nitrogen and oxygen atoms in total. The zero-order valence-corrected chi connectivity index (χ0v) is 20.8. The fourth-order valence-corrected chi connectivity index (χ4v) is 3.93. The fourth-order valence-electron chi connectivity index (χ4n) is 3.67. The van der Waals surface area contributed by atoms with E-state index in [2.05, 4.69) is 5.32 Å². The quantitative estimate of drug-likeness (QED) is 0.367. The summed E-state index contributed by atoms with van der Waals surface area (Å²) in [5, 5.41) is 4.53. The second-order valence-electron chi connectivity index (χ2n) is 8.51. The molecule has 1 amide bonds. The molecular formula is C27H29Cl2NO3. The summed E-state index contributed by atoms with van der Waals surface area (Å²) in [6.45, 7) is 5.50. The number of benzene rings is 3. The van der Waals surface area contributed by atoms with Gasteiger partial charge < -0.3 is 14.8 Å². The lowest BCUT2D eigenvalue weighted by molar-refractivity contribution is -0.135. The van der Waals surface area contributed by atoms with E-state index in [1.165, 1.54) is 0 Å². The van der Waals surface area contributed by atoms with Crippen LogP contribution < -0.4 is 14.8 Å². The Bertz CT molecular complexity index is 1070. The SMILES string of the molecule is COc1ccccc1OC(C)(C)C(=O)NC(C)C(Cc1ccc(Cl)cc1)c1ccc(Cl)cc1. The number of halogens is 2. The number of ether oxygens (including phenoxy) is 2. The van der Waals surface area contributed by atoms with Crippen LogP contribution in [0.25, 0.3) is 0 Å². The molecule has 0 heterocycles. The van der Waals surface area contributed by atoms with Crippen molar-refractivity contribution in [3.63, 3.8) is 0 Å². The molecule has 0 aliphatic carbocycles. The molecule has 0 saturated heterocycles. The highest BCUT2D eigenvalue weighted by molar-refractivity contribution is 6.30. The first-order chi connectivity index (χ1) is 15.7. The highest BCUT2D eigenvalue weighted by Crippen LogP contribution is 2.31. The zero-order valence-electron chi connectivity index (χ0n) is 19.3. The van der Waals surface area contributed by atoms with Gasteiger partial charge in [0.1, 0.15) is 0 Å². The van der Waals surface area contributed by atoms with Crippen LogP contribution in [0.4, 0.5) is 0 Å². The van der Waals surface area contributed by atoms with Crippen LogP contribution in [0.1, 0.15) is 37.8 Å². The molecule has 2 atom stereocenters. The van der Waals surface area contributed by atoms with Crippen LogP contribution >= 0.6 is 23.2 Å². The van der Waals surface area contributed by atoms with Crippen LogP contribution in [-0.2, 0) is 11.2 Å². The summed E-state index contributed by atoms with van der Waals surface area (Å²) < 4.78 is 11.4. The maximum absolute atomic E-state index is 13.3. The van der Waals surface area contributed by atoms with E-state index in [1.54, 1.807) is 33.1 Å². The van der Waals surface area contributed by atoms with Crippen molar-refractivity contribution in [3.8, 4) is 11.5 Å². The predicted molar refractivity (Wildman–Crippen MR) is 135 cm³/mol. The minimum Gasteiger partial charge on any atom is -0.493 e. The minimum absolute atomic E-state index is 0.0226. The van der Waals surface area contributed by atoms with Crippen LogP contribution in [0, 0.1) is 0 Å². The molecule has 0 aliphatic heterocycles. The summed E-state index contributed by atoms with van der Waals surface area (Å²) in [7, 11) is 1.57. The molecule has 3 aromatic rings. The first-order valence-electron chi connectivity index (χ1n) is 10.8. The number of amides is 1. The van der Waals surface area contributed by atoms with Crippen LogP contribution in [0.2, 0.25) is 10.0 Å². The molecule has 3 aromatic carbocycles. The van der Waals surface area contributed by atoms with Gasteiger partial charge in [-0.2, -0.15) is 0 Å². The van der Waals surface area contributed by atoms with Crippen molar-refractivity contribution >= 4 is 29.1 Å². The second-order valence-corrected chi connectivity index (χ2v) is 9.39. The summed E-state index contributed by atoms with van der Waals surface area (Å²) in [5.41, 5.74) is 1.11. The summed E-state index contributed by atoms with van der Waals surface area (Å²) in [4.78, 5) is 13.3. The Morgan fingerprint density at radius 2 is 1.45 bits per heavy atom. The highest BCUT2D eigenvalue weighted by atomic mass is 35.5. The van der Waals surface area contributed by atoms with Gasteiger partial charge in [0.15, 0.2) is 17.1 Å². The Hall–Kier alpha value is -2.69. The Balaban J connectivity index is 1.79. The van der Waals surface area contributed by atoms with Crippen LogP contribution in [-0.4, -0.2) is 24.7 Å². The van der Waals surface area contributed by atoms with Crippen molar-refractivity contribution in [2.75, 3.05) is 7.11 Å². The topological polar surface area (TPSA) is 47.6 Å². The fraction of sp³-hybridized carbons (Fsp3) is 0.296. The average molecular weight is 486 g/mol. The number of nitrogens with one attached hydrogen (secondary N) is 1. The van der Waals surface area contributed by atoms with Gasteiger partial charge in [-0.05, 0) is 74.7 Å². The van der Waals surface area contributed by atoms with E-state index in [4.69, 9.17) is 32.7 Å². The van der Waals surface area contributed by atoms with Gasteiger partial charge in [-0.3, -0.25) is 4.79 Å². The maximum atomic E-state index is 13.3. The first-order valence-corrected chi connectivity index (χ1v) is 11.6. The summed E-state index contributed by atoms with van der Waals surface area (Å²) in [6.07, 6.45) is 0.730. The van der Waals surface area contributed by atoms with E-state index in [1.807, 2.05) is 67.6 Å². The Morgan fingerprint density at radius 3 is 2.03 bits per heavy atom. The number of rotatable bonds is 9. The van der Waals surface area contributed by atoms with Crippen LogP contribution in [0.15, 0.2) is 72.8 Å². The molecule has 0 aliphatic rings. The number of carbonyl (C=O) groups excluding carboxylic acids is 1. The van der Waals surface area contributed by atoms with Crippen LogP contribution in [0.3, 0.4) is 0 Å². The molecule has 1 N–H and O–H groups in total. The summed E-state index contributed by atoms with van der Waals surface area (Å²) in [6, 6.07) is 22.6. The van der Waals surface area contributed by atoms with Crippen molar-refractivity contribution in [2.45, 2.75) is 44.8 Å². The first kappa shape index (κ1) is 24.9. The van der Waals surface area contributed by atoms with Gasteiger partial charge in [0.25, 0.3) is 5.91 Å². The van der Waals surface area contributed by atoms with E-state index < -0.39 is 5.60 Å². The molecule has 6 heteroatoms. The Morgan fingerprint density at radius 1 is 0.909 bits per heavy atom. The van der Waals surface area contributed by atoms with E-state index in [-0.39, 0.29) is 17.9 Å². The van der Waals surface area contributed by atoms with Crippen molar-refractivity contribution in [3.05, 3.63) is 94.0 Å². The monoisotopic (exact) mass is 485 g/mol. The van der Waals surface area contributed by atoms with Crippen molar-refractivity contribution < 1.29 is 14.3 Å². The zero-order chi connectivity index (χ0) is 24.0. The van der Waals surface area contributed by atoms with Crippen molar-refractivity contribution in [2.24, 2.45) is 0 Å². The van der Waals surface area contributed by atoms with Crippen LogP contribution in [0.5, 0.6) is 11.5 Å². The van der Waals surface area contributed by atoms with Crippen molar-refractivity contribution in [1.29, 1.82) is 0 Å². The molecule has 0 radical (unpaired) electrons. The Kier molecular flexibility index (Phi) is 8.28. The van der Waals surface area contributed by atoms with E-state index in [0.717, 1.165) is 17.5 Å². The van der Waals surface area contributed by atoms with E-state index >= 15 is 0 Å². The van der Waals surface area contributed by atoms with Gasteiger partial charge >= 0.3 is 0 Å². The van der Waals surface area contributed by atoms with Gasteiger partial charge in [0.05, 0.1) is 7.11 Å². The molecule has 33 heavy (non-hydrogen) atoms. The predicted octanol–water partition coefficient (Wildman–Crippen LogP) is 6.69. The highest BCUT2D eigenvalue weighted by Gasteiger charge is 2.33. The molecule has 0 bridgehead atoms. The number of hydrogen-bond acceptors (Lipinski definition) is 3. The largest absolute Gasteiger partial charge is 0.493 e. The van der Waals surface area contributed by atoms with Gasteiger partial charge in [-0.25, -0.2) is 0 Å². The lowest BCUT2D eigenvalue weighted by atomic mass is 9.86. The standard InChI is InChI=1S/C27H29Cl2NO3/c1-18(30-26(31)27(2,3)33-25-8-6-5-7-24(25)32-4)23(20-11-15-22(29)16-12-20)17-19-9-13-21(28)14-10-19/h5-16,18,23H,17H2,1-4H3,(H,30,31). The van der Waals surface area contributed by atoms with E-state index in [0.29, 0.717) is 21.5 Å². The number of hydrogen-bond donors (Lipinski definition) is 1. The number of para-hydroxylation sites is 2. The smallest absolute Gasteiger partial charge is 0.263 e. The lowest BCUT2D eigenvalue weighted by Crippen LogP contribution is -2.51. The molecule has 0 aromatic heterocycles. The maximum Gasteiger partial charge on any atom is 0.263 e. The van der Waals surface area contributed by atoms with Gasteiger partial charge in [-0.15, -0.1) is 0 Å². The third kappa shape index (κ3) is 6.66. The third-order valence-electron chi connectivity index (χ3n) is 5.61. The van der Waals surface area contributed by atoms with Crippen molar-refractivity contribution in [1.82, 2.24) is 5.32 Å². The summed E-state index contributed by atoms with van der Waals surface area (Å²) in [5.74, 6) is 0.904. The molecule has 174 valence electrons. The van der Waals surface area contributed by atoms with Gasteiger partial charge in [0, 0.05) is 22.0 Å². The number of carbonyl (C=O) groups is 1. The Labute approximate surface area is 205 Å². The van der Waals surface area contributed by atoms with Gasteiger partial charge in [-0.1, -0.05) is 59.6 Å². The summed E-state index contributed by atoms with van der Waals surface area (Å²) >= 11 is 12.2. The number of methoxy groups -OCH3 is 1. The third-order valence-corrected chi connectivity index (χ3v) is 6.11.